The lowest BCUT2D eigenvalue weighted by molar-refractivity contribution is -0.142. The number of nitrogens with zero attached hydrogens (tertiary/aromatic N) is 1. The summed E-state index contributed by atoms with van der Waals surface area (Å²) in [5, 5.41) is 12.0. The highest BCUT2D eigenvalue weighted by atomic mass is 16.5. The van der Waals surface area contributed by atoms with Crippen molar-refractivity contribution in [1.29, 1.82) is 5.26 Å². The Kier molecular flexibility index (Phi) is 6.41. The molecule has 0 aliphatic rings. The SMILES string of the molecule is CCOC(=O)CCNCc1ccc(C#N)c(OC)c1. The number of rotatable bonds is 7. The van der Waals surface area contributed by atoms with Crippen LogP contribution in [0.3, 0.4) is 0 Å². The van der Waals surface area contributed by atoms with Gasteiger partial charge in [-0.05, 0) is 24.6 Å². The number of hydrogen-bond donors (Lipinski definition) is 1. The number of ether oxygens (including phenoxy) is 2. The molecule has 102 valence electrons. The number of benzene rings is 1. The number of nitrogens with one attached hydrogen (secondary N) is 1. The molecule has 19 heavy (non-hydrogen) atoms. The molecule has 5 nitrogen and oxygen atoms in total. The van der Waals surface area contributed by atoms with Gasteiger partial charge >= 0.3 is 5.97 Å². The van der Waals surface area contributed by atoms with Crippen molar-refractivity contribution in [2.24, 2.45) is 0 Å². The Labute approximate surface area is 113 Å². The van der Waals surface area contributed by atoms with Gasteiger partial charge in [0.1, 0.15) is 11.8 Å². The molecular formula is C14H18N2O3. The highest BCUT2D eigenvalue weighted by molar-refractivity contribution is 5.69. The van der Waals surface area contributed by atoms with Crippen LogP contribution in [0.15, 0.2) is 18.2 Å². The summed E-state index contributed by atoms with van der Waals surface area (Å²) >= 11 is 0. The fourth-order valence-electron chi connectivity index (χ4n) is 1.59. The molecule has 0 bridgehead atoms. The van der Waals surface area contributed by atoms with Gasteiger partial charge in [-0.3, -0.25) is 4.79 Å². The van der Waals surface area contributed by atoms with Gasteiger partial charge in [-0.15, -0.1) is 0 Å². The van der Waals surface area contributed by atoms with E-state index in [1.54, 1.807) is 13.0 Å². The van der Waals surface area contributed by atoms with Crippen LogP contribution in [0.5, 0.6) is 5.75 Å². The van der Waals surface area contributed by atoms with E-state index in [2.05, 4.69) is 11.4 Å². The molecule has 0 spiro atoms. The third-order valence-corrected chi connectivity index (χ3v) is 2.53. The summed E-state index contributed by atoms with van der Waals surface area (Å²) in [7, 11) is 1.54. The Balaban J connectivity index is 2.42. The fraction of sp³-hybridized carbons (Fsp3) is 0.429. The fourth-order valence-corrected chi connectivity index (χ4v) is 1.59. The first kappa shape index (κ1) is 15.0. The van der Waals surface area contributed by atoms with E-state index in [1.807, 2.05) is 12.1 Å². The third-order valence-electron chi connectivity index (χ3n) is 2.53. The van der Waals surface area contributed by atoms with Gasteiger partial charge in [-0.25, -0.2) is 0 Å². The molecular weight excluding hydrogens is 244 g/mol. The number of methoxy groups -OCH3 is 1. The van der Waals surface area contributed by atoms with Crippen LogP contribution in [0.25, 0.3) is 0 Å². The monoisotopic (exact) mass is 262 g/mol. The van der Waals surface area contributed by atoms with Crippen LogP contribution in [-0.4, -0.2) is 26.2 Å². The lowest BCUT2D eigenvalue weighted by Crippen LogP contribution is -2.19. The van der Waals surface area contributed by atoms with Crippen molar-refractivity contribution in [1.82, 2.24) is 5.32 Å². The number of nitriles is 1. The molecule has 5 heteroatoms. The van der Waals surface area contributed by atoms with Crippen molar-refractivity contribution in [3.8, 4) is 11.8 Å². The van der Waals surface area contributed by atoms with E-state index in [0.717, 1.165) is 5.56 Å². The maximum Gasteiger partial charge on any atom is 0.307 e. The summed E-state index contributed by atoms with van der Waals surface area (Å²) in [5.74, 6) is 0.361. The summed E-state index contributed by atoms with van der Waals surface area (Å²) in [6, 6.07) is 7.46. The second kappa shape index (κ2) is 8.11. The second-order valence-electron chi connectivity index (χ2n) is 3.88. The molecule has 1 rings (SSSR count). The molecule has 0 fully saturated rings. The molecule has 1 aromatic carbocycles. The first-order chi connectivity index (χ1) is 9.21. The summed E-state index contributed by atoms with van der Waals surface area (Å²) in [5.41, 5.74) is 1.51. The van der Waals surface area contributed by atoms with Crippen molar-refractivity contribution >= 4 is 5.97 Å². The maximum atomic E-state index is 11.1. The van der Waals surface area contributed by atoms with Gasteiger partial charge < -0.3 is 14.8 Å². The Morgan fingerprint density at radius 1 is 1.47 bits per heavy atom. The van der Waals surface area contributed by atoms with Crippen LogP contribution in [0.2, 0.25) is 0 Å². The van der Waals surface area contributed by atoms with Gasteiger partial charge in [-0.2, -0.15) is 5.26 Å². The predicted octanol–water partition coefficient (Wildman–Crippen LogP) is 1.61. The number of carbonyl (C=O) groups is 1. The van der Waals surface area contributed by atoms with E-state index in [4.69, 9.17) is 14.7 Å². The first-order valence-electron chi connectivity index (χ1n) is 6.14. The normalized spacial score (nSPS) is 9.74. The molecule has 1 N–H and O–H groups in total. The van der Waals surface area contributed by atoms with E-state index >= 15 is 0 Å². The lowest BCUT2D eigenvalue weighted by atomic mass is 10.1. The van der Waals surface area contributed by atoms with Crippen LogP contribution in [-0.2, 0) is 16.1 Å². The highest BCUT2D eigenvalue weighted by Crippen LogP contribution is 2.18. The average molecular weight is 262 g/mol. The minimum absolute atomic E-state index is 0.201. The van der Waals surface area contributed by atoms with E-state index in [9.17, 15) is 4.79 Å². The largest absolute Gasteiger partial charge is 0.495 e. The Morgan fingerprint density at radius 2 is 2.26 bits per heavy atom. The van der Waals surface area contributed by atoms with Crippen molar-refractivity contribution in [2.75, 3.05) is 20.3 Å². The average Bonchev–Trinajstić information content (AvgIpc) is 2.43. The van der Waals surface area contributed by atoms with Crippen molar-refractivity contribution in [2.45, 2.75) is 19.9 Å². The van der Waals surface area contributed by atoms with Crippen molar-refractivity contribution in [3.05, 3.63) is 29.3 Å². The van der Waals surface area contributed by atoms with Crippen LogP contribution in [0.4, 0.5) is 0 Å². The summed E-state index contributed by atoms with van der Waals surface area (Å²) in [6.07, 6.45) is 0.348. The zero-order chi connectivity index (χ0) is 14.1. The molecule has 0 radical (unpaired) electrons. The Morgan fingerprint density at radius 3 is 2.89 bits per heavy atom. The summed E-state index contributed by atoms with van der Waals surface area (Å²) < 4.78 is 9.95. The highest BCUT2D eigenvalue weighted by Gasteiger charge is 2.04. The number of hydrogen-bond acceptors (Lipinski definition) is 5. The molecule has 0 heterocycles. The quantitative estimate of drug-likeness (QED) is 0.597. The lowest BCUT2D eigenvalue weighted by Gasteiger charge is -2.07. The van der Waals surface area contributed by atoms with Crippen molar-refractivity contribution in [3.63, 3.8) is 0 Å². The molecule has 0 amide bonds. The third kappa shape index (κ3) is 4.98. The van der Waals surface area contributed by atoms with Gasteiger partial charge in [0.05, 0.1) is 25.7 Å². The summed E-state index contributed by atoms with van der Waals surface area (Å²) in [4.78, 5) is 11.1. The Bertz CT molecular complexity index is 466. The number of esters is 1. The standard InChI is InChI=1S/C14H18N2O3/c1-3-19-14(17)6-7-16-10-11-4-5-12(9-15)13(8-11)18-2/h4-5,8,16H,3,6-7,10H2,1-2H3. The molecule has 0 unspecified atom stereocenters. The minimum atomic E-state index is -0.201. The van der Waals surface area contributed by atoms with Crippen LogP contribution < -0.4 is 10.1 Å². The van der Waals surface area contributed by atoms with E-state index in [0.29, 0.717) is 37.4 Å². The van der Waals surface area contributed by atoms with E-state index in [-0.39, 0.29) is 5.97 Å². The first-order valence-corrected chi connectivity index (χ1v) is 6.14. The minimum Gasteiger partial charge on any atom is -0.495 e. The zero-order valence-corrected chi connectivity index (χ0v) is 11.2. The second-order valence-corrected chi connectivity index (χ2v) is 3.88. The molecule has 0 aromatic heterocycles. The molecule has 0 saturated heterocycles. The number of carbonyl (C=O) groups excluding carboxylic acids is 1. The maximum absolute atomic E-state index is 11.1. The molecule has 0 aliphatic heterocycles. The van der Waals surface area contributed by atoms with Gasteiger partial charge in [-0.1, -0.05) is 6.07 Å². The molecule has 1 aromatic rings. The van der Waals surface area contributed by atoms with Gasteiger partial charge in [0, 0.05) is 13.1 Å². The van der Waals surface area contributed by atoms with Crippen LogP contribution in [0.1, 0.15) is 24.5 Å². The van der Waals surface area contributed by atoms with E-state index < -0.39 is 0 Å². The van der Waals surface area contributed by atoms with Crippen LogP contribution in [0, 0.1) is 11.3 Å². The van der Waals surface area contributed by atoms with E-state index in [1.165, 1.54) is 7.11 Å². The van der Waals surface area contributed by atoms with Gasteiger partial charge in [0.15, 0.2) is 0 Å². The van der Waals surface area contributed by atoms with Gasteiger partial charge in [0.25, 0.3) is 0 Å². The molecule has 0 aliphatic carbocycles. The van der Waals surface area contributed by atoms with Gasteiger partial charge in [0.2, 0.25) is 0 Å². The predicted molar refractivity (Wildman–Crippen MR) is 70.7 cm³/mol. The summed E-state index contributed by atoms with van der Waals surface area (Å²) in [6.45, 7) is 3.36. The smallest absolute Gasteiger partial charge is 0.307 e. The van der Waals surface area contributed by atoms with Crippen molar-refractivity contribution < 1.29 is 14.3 Å². The molecule has 0 atom stereocenters. The zero-order valence-electron chi connectivity index (χ0n) is 11.2. The Hall–Kier alpha value is -2.06. The topological polar surface area (TPSA) is 71.3 Å². The van der Waals surface area contributed by atoms with Crippen LogP contribution >= 0.6 is 0 Å². The molecule has 0 saturated carbocycles.